The largest absolute Gasteiger partial charge is 0.311 e. The molecule has 0 aliphatic carbocycles. The van der Waals surface area contributed by atoms with E-state index in [9.17, 15) is 0 Å². The van der Waals surface area contributed by atoms with Gasteiger partial charge in [-0.1, -0.05) is 43.8 Å². The highest BCUT2D eigenvalue weighted by Gasteiger charge is 2.15. The molecule has 0 saturated carbocycles. The van der Waals surface area contributed by atoms with Gasteiger partial charge in [-0.05, 0) is 12.1 Å². The van der Waals surface area contributed by atoms with Crippen LogP contribution in [0.5, 0.6) is 0 Å². The highest BCUT2D eigenvalue weighted by atomic mass is 14.7. The number of nitrogens with zero attached hydrogens (tertiary/aromatic N) is 1. The van der Waals surface area contributed by atoms with Crippen LogP contribution in [0.3, 0.4) is 0 Å². The van der Waals surface area contributed by atoms with Crippen LogP contribution in [-0.4, -0.2) is 6.54 Å². The SMILES string of the molecule is CC(C)(C)C[N+]#Cc1ccccc1. The van der Waals surface area contributed by atoms with Gasteiger partial charge in [0.15, 0.2) is 0 Å². The lowest BCUT2D eigenvalue weighted by atomic mass is 9.98. The number of rotatable bonds is 0. The van der Waals surface area contributed by atoms with E-state index in [4.69, 9.17) is 0 Å². The Morgan fingerprint density at radius 1 is 1.15 bits per heavy atom. The quantitative estimate of drug-likeness (QED) is 0.567. The second-order valence-electron chi connectivity index (χ2n) is 4.35. The van der Waals surface area contributed by atoms with Gasteiger partial charge in [0.05, 0.1) is 0 Å². The third kappa shape index (κ3) is 4.32. The van der Waals surface area contributed by atoms with Gasteiger partial charge in [0.25, 0.3) is 6.54 Å². The molecule has 0 radical (unpaired) electrons. The summed E-state index contributed by atoms with van der Waals surface area (Å²) in [5, 5.41) is 0. The molecule has 0 saturated heterocycles. The van der Waals surface area contributed by atoms with Crippen molar-refractivity contribution >= 4 is 0 Å². The maximum absolute atomic E-state index is 4.26. The molecule has 0 atom stereocenters. The molecule has 0 heterocycles. The first kappa shape index (κ1) is 9.80. The molecule has 0 amide bonds. The summed E-state index contributed by atoms with van der Waals surface area (Å²) in [7, 11) is 0. The van der Waals surface area contributed by atoms with Crippen molar-refractivity contribution in [1.29, 1.82) is 0 Å². The minimum absolute atomic E-state index is 0.252. The molecule has 1 nitrogen and oxygen atoms in total. The zero-order chi connectivity index (χ0) is 9.73. The van der Waals surface area contributed by atoms with E-state index in [0.29, 0.717) is 0 Å². The Morgan fingerprint density at radius 2 is 1.77 bits per heavy atom. The van der Waals surface area contributed by atoms with E-state index in [0.717, 1.165) is 12.1 Å². The highest BCUT2D eigenvalue weighted by molar-refractivity contribution is 5.30. The Morgan fingerprint density at radius 3 is 2.31 bits per heavy atom. The minimum Gasteiger partial charge on any atom is -0.0774 e. The van der Waals surface area contributed by atoms with Gasteiger partial charge in [-0.3, -0.25) is 0 Å². The van der Waals surface area contributed by atoms with Gasteiger partial charge in [0.1, 0.15) is 5.56 Å². The van der Waals surface area contributed by atoms with E-state index in [1.807, 2.05) is 30.3 Å². The molecule has 1 aromatic rings. The van der Waals surface area contributed by atoms with Crippen molar-refractivity contribution in [2.75, 3.05) is 6.54 Å². The van der Waals surface area contributed by atoms with Crippen molar-refractivity contribution in [3.63, 3.8) is 0 Å². The standard InChI is InChI=1S/C12H16N/c1-12(2,3)10-13-9-11-7-5-4-6-8-11/h4-8H,10H2,1-3H3/q+1. The van der Waals surface area contributed by atoms with E-state index in [1.54, 1.807) is 0 Å². The zero-order valence-corrected chi connectivity index (χ0v) is 8.54. The van der Waals surface area contributed by atoms with E-state index < -0.39 is 0 Å². The molecular weight excluding hydrogens is 158 g/mol. The van der Waals surface area contributed by atoms with Crippen LogP contribution in [0.1, 0.15) is 26.3 Å². The summed E-state index contributed by atoms with van der Waals surface area (Å²) >= 11 is 0. The Balaban J connectivity index is 2.59. The fourth-order valence-electron chi connectivity index (χ4n) is 0.881. The zero-order valence-electron chi connectivity index (χ0n) is 8.54. The lowest BCUT2D eigenvalue weighted by Gasteiger charge is -2.04. The van der Waals surface area contributed by atoms with Gasteiger partial charge in [0, 0.05) is 5.41 Å². The van der Waals surface area contributed by atoms with Gasteiger partial charge in [-0.2, -0.15) is 0 Å². The van der Waals surface area contributed by atoms with E-state index in [1.165, 1.54) is 0 Å². The second kappa shape index (κ2) is 4.09. The second-order valence-corrected chi connectivity index (χ2v) is 4.35. The predicted molar refractivity (Wildman–Crippen MR) is 57.1 cm³/mol. The molecule has 0 aliphatic rings. The topological polar surface area (TPSA) is 4.36 Å². The first-order valence-corrected chi connectivity index (χ1v) is 4.55. The van der Waals surface area contributed by atoms with Gasteiger partial charge in [0.2, 0.25) is 0 Å². The smallest absolute Gasteiger partial charge is 0.0774 e. The van der Waals surface area contributed by atoms with E-state index in [-0.39, 0.29) is 5.41 Å². The van der Waals surface area contributed by atoms with E-state index in [2.05, 4.69) is 31.7 Å². The molecule has 1 heteroatoms. The van der Waals surface area contributed by atoms with Crippen molar-refractivity contribution in [2.24, 2.45) is 5.41 Å². The van der Waals surface area contributed by atoms with Crippen LogP contribution < -0.4 is 0 Å². The summed E-state index contributed by atoms with van der Waals surface area (Å²) in [4.78, 5) is 4.26. The summed E-state index contributed by atoms with van der Waals surface area (Å²) in [6.45, 7) is 7.33. The van der Waals surface area contributed by atoms with Crippen LogP contribution >= 0.6 is 0 Å². The molecule has 68 valence electrons. The number of benzene rings is 1. The van der Waals surface area contributed by atoms with Crippen molar-refractivity contribution in [2.45, 2.75) is 20.8 Å². The summed E-state index contributed by atoms with van der Waals surface area (Å²) in [5.74, 6) is 0. The molecule has 0 fully saturated rings. The monoisotopic (exact) mass is 174 g/mol. The Labute approximate surface area is 80.2 Å². The number of hydrogen-bond acceptors (Lipinski definition) is 0. The molecule has 0 unspecified atom stereocenters. The minimum atomic E-state index is 0.252. The predicted octanol–water partition coefficient (Wildman–Crippen LogP) is 3.41. The molecule has 0 N–H and O–H groups in total. The van der Waals surface area contributed by atoms with Crippen LogP contribution in [0.25, 0.3) is 4.85 Å². The van der Waals surface area contributed by atoms with Crippen molar-refractivity contribution < 1.29 is 0 Å². The third-order valence-electron chi connectivity index (χ3n) is 1.54. The lowest BCUT2D eigenvalue weighted by molar-refractivity contribution is 0.455. The Kier molecular flexibility index (Phi) is 3.08. The van der Waals surface area contributed by atoms with Crippen LogP contribution in [0.15, 0.2) is 30.3 Å². The van der Waals surface area contributed by atoms with E-state index >= 15 is 0 Å². The molecule has 0 spiro atoms. The number of hydrogen-bond donors (Lipinski definition) is 0. The summed E-state index contributed by atoms with van der Waals surface area (Å²) in [6.07, 6.45) is 0. The normalized spacial score (nSPS) is 10.4. The highest BCUT2D eigenvalue weighted by Crippen LogP contribution is 2.12. The van der Waals surface area contributed by atoms with Gasteiger partial charge < -0.3 is 0 Å². The fraction of sp³-hybridized carbons (Fsp3) is 0.417. The van der Waals surface area contributed by atoms with Crippen molar-refractivity contribution in [1.82, 2.24) is 0 Å². The Bertz CT molecular complexity index is 308. The average molecular weight is 174 g/mol. The lowest BCUT2D eigenvalue weighted by Crippen LogP contribution is -2.07. The van der Waals surface area contributed by atoms with Gasteiger partial charge in [-0.15, -0.1) is 0 Å². The van der Waals surface area contributed by atoms with Crippen LogP contribution in [0.4, 0.5) is 0 Å². The van der Waals surface area contributed by atoms with Crippen LogP contribution in [0.2, 0.25) is 0 Å². The molecule has 0 aromatic heterocycles. The van der Waals surface area contributed by atoms with Gasteiger partial charge in [-0.25, -0.2) is 0 Å². The fourth-order valence-corrected chi connectivity index (χ4v) is 0.881. The average Bonchev–Trinajstić information content (AvgIpc) is 2.04. The maximum Gasteiger partial charge on any atom is 0.311 e. The molecule has 0 bridgehead atoms. The Hall–Kier alpha value is -1.29. The summed E-state index contributed by atoms with van der Waals surface area (Å²) < 4.78 is 0. The molecular formula is C12H16N+. The van der Waals surface area contributed by atoms with Crippen LogP contribution in [-0.2, 0) is 0 Å². The van der Waals surface area contributed by atoms with Crippen molar-refractivity contribution in [3.05, 3.63) is 40.7 Å². The van der Waals surface area contributed by atoms with Gasteiger partial charge >= 0.3 is 6.07 Å². The molecule has 0 aliphatic heterocycles. The molecule has 13 heavy (non-hydrogen) atoms. The first-order valence-electron chi connectivity index (χ1n) is 4.55. The molecule has 1 aromatic carbocycles. The maximum atomic E-state index is 4.26. The summed E-state index contributed by atoms with van der Waals surface area (Å²) in [6, 6.07) is 13.0. The summed E-state index contributed by atoms with van der Waals surface area (Å²) in [5.41, 5.74) is 1.30. The van der Waals surface area contributed by atoms with Crippen molar-refractivity contribution in [3.8, 4) is 6.07 Å². The molecule has 1 rings (SSSR count). The third-order valence-corrected chi connectivity index (χ3v) is 1.54. The van der Waals surface area contributed by atoms with Crippen LogP contribution in [0, 0.1) is 11.5 Å². The first-order chi connectivity index (χ1) is 6.08.